The van der Waals surface area contributed by atoms with E-state index in [1.807, 2.05) is 49.4 Å². The van der Waals surface area contributed by atoms with E-state index in [0.29, 0.717) is 35.2 Å². The minimum absolute atomic E-state index is 0.231. The highest BCUT2D eigenvalue weighted by atomic mass is 16.5. The Labute approximate surface area is 173 Å². The van der Waals surface area contributed by atoms with Crippen LogP contribution in [0.4, 0.5) is 0 Å². The molecule has 0 spiro atoms. The molecule has 0 saturated heterocycles. The largest absolute Gasteiger partial charge is 0.496 e. The van der Waals surface area contributed by atoms with Gasteiger partial charge >= 0.3 is 0 Å². The molecular formula is C22H20N6O2. The molecule has 1 amide bonds. The zero-order chi connectivity index (χ0) is 20.9. The van der Waals surface area contributed by atoms with Crippen LogP contribution in [-0.2, 0) is 6.54 Å². The van der Waals surface area contributed by atoms with Gasteiger partial charge in [0.2, 0.25) is 0 Å². The summed E-state index contributed by atoms with van der Waals surface area (Å²) in [4.78, 5) is 25.8. The highest BCUT2D eigenvalue weighted by molar-refractivity contribution is 5.95. The number of nitrogens with zero attached hydrogens (tertiary/aromatic N) is 5. The molecule has 0 aliphatic heterocycles. The summed E-state index contributed by atoms with van der Waals surface area (Å²) < 4.78 is 6.98. The molecule has 3 aromatic heterocycles. The van der Waals surface area contributed by atoms with E-state index in [2.05, 4.69) is 25.4 Å². The molecule has 4 rings (SSSR count). The van der Waals surface area contributed by atoms with E-state index >= 15 is 0 Å². The number of rotatable bonds is 6. The quantitative estimate of drug-likeness (QED) is 0.535. The molecule has 8 heteroatoms. The summed E-state index contributed by atoms with van der Waals surface area (Å²) in [5.74, 6) is 0.860. The molecule has 0 radical (unpaired) electrons. The Hall–Kier alpha value is -4.07. The van der Waals surface area contributed by atoms with E-state index < -0.39 is 0 Å². The van der Waals surface area contributed by atoms with E-state index in [4.69, 9.17) is 4.74 Å². The van der Waals surface area contributed by atoms with Gasteiger partial charge in [0.1, 0.15) is 5.75 Å². The number of amides is 1. The lowest BCUT2D eigenvalue weighted by molar-refractivity contribution is 0.0950. The van der Waals surface area contributed by atoms with Gasteiger partial charge in [-0.1, -0.05) is 18.2 Å². The Balaban J connectivity index is 1.58. The van der Waals surface area contributed by atoms with Crippen LogP contribution in [-0.4, -0.2) is 37.7 Å². The van der Waals surface area contributed by atoms with Crippen LogP contribution in [0.1, 0.15) is 21.7 Å². The Morgan fingerprint density at radius 2 is 1.90 bits per heavy atom. The summed E-state index contributed by atoms with van der Waals surface area (Å²) in [6.45, 7) is 2.14. The topological polar surface area (TPSA) is 94.8 Å². The molecule has 0 bridgehead atoms. The van der Waals surface area contributed by atoms with Crippen LogP contribution >= 0.6 is 0 Å². The number of hydrogen-bond acceptors (Lipinski definition) is 6. The number of hydrogen-bond donors (Lipinski definition) is 1. The maximum atomic E-state index is 12.6. The SMILES string of the molecule is COc1ccccc1-c1ccnc(-n2ncc(C(=O)NCc3ccccn3)c2C)n1. The number of para-hydroxylation sites is 1. The average molecular weight is 400 g/mol. The van der Waals surface area contributed by atoms with Crippen LogP contribution in [0.2, 0.25) is 0 Å². The molecule has 0 fully saturated rings. The third-order valence-electron chi connectivity index (χ3n) is 4.63. The van der Waals surface area contributed by atoms with Gasteiger partial charge in [0, 0.05) is 18.0 Å². The van der Waals surface area contributed by atoms with Crippen molar-refractivity contribution in [1.29, 1.82) is 0 Å². The fourth-order valence-electron chi connectivity index (χ4n) is 3.06. The highest BCUT2D eigenvalue weighted by Gasteiger charge is 2.17. The van der Waals surface area contributed by atoms with Crippen LogP contribution in [0.15, 0.2) is 67.1 Å². The summed E-state index contributed by atoms with van der Waals surface area (Å²) in [6, 6.07) is 15.0. The van der Waals surface area contributed by atoms with Gasteiger partial charge in [-0.15, -0.1) is 0 Å². The second kappa shape index (κ2) is 8.52. The Kier molecular flexibility index (Phi) is 5.47. The molecule has 0 saturated carbocycles. The number of carbonyl (C=O) groups excluding carboxylic acids is 1. The molecule has 1 aromatic carbocycles. The Morgan fingerprint density at radius 1 is 1.07 bits per heavy atom. The average Bonchev–Trinajstić information content (AvgIpc) is 3.19. The summed E-state index contributed by atoms with van der Waals surface area (Å²) in [6.07, 6.45) is 4.87. The smallest absolute Gasteiger partial charge is 0.255 e. The van der Waals surface area contributed by atoms with Crippen molar-refractivity contribution in [2.75, 3.05) is 7.11 Å². The van der Waals surface area contributed by atoms with Crippen LogP contribution < -0.4 is 10.1 Å². The molecule has 3 heterocycles. The fourth-order valence-corrected chi connectivity index (χ4v) is 3.06. The van der Waals surface area contributed by atoms with E-state index in [9.17, 15) is 4.79 Å². The molecule has 4 aromatic rings. The summed E-state index contributed by atoms with van der Waals surface area (Å²) >= 11 is 0. The standard InChI is InChI=1S/C22H20N6O2/c1-15-18(21(29)25-13-16-7-5-6-11-23-16)14-26-28(15)22-24-12-10-19(27-22)17-8-3-4-9-20(17)30-2/h3-12,14H,13H2,1-2H3,(H,25,29). The maximum absolute atomic E-state index is 12.6. The molecule has 30 heavy (non-hydrogen) atoms. The van der Waals surface area contributed by atoms with Crippen LogP contribution in [0.25, 0.3) is 17.2 Å². The number of benzene rings is 1. The second-order valence-electron chi connectivity index (χ2n) is 6.50. The first kappa shape index (κ1) is 19.3. The third-order valence-corrected chi connectivity index (χ3v) is 4.63. The maximum Gasteiger partial charge on any atom is 0.255 e. The highest BCUT2D eigenvalue weighted by Crippen LogP contribution is 2.28. The first-order chi connectivity index (χ1) is 14.7. The molecular weight excluding hydrogens is 380 g/mol. The van der Waals surface area contributed by atoms with E-state index in [-0.39, 0.29) is 5.91 Å². The van der Waals surface area contributed by atoms with Crippen molar-refractivity contribution < 1.29 is 9.53 Å². The van der Waals surface area contributed by atoms with Crippen molar-refractivity contribution in [3.8, 4) is 23.0 Å². The monoisotopic (exact) mass is 400 g/mol. The van der Waals surface area contributed by atoms with Crippen molar-refractivity contribution in [1.82, 2.24) is 30.0 Å². The Morgan fingerprint density at radius 3 is 2.70 bits per heavy atom. The van der Waals surface area contributed by atoms with Crippen molar-refractivity contribution in [2.45, 2.75) is 13.5 Å². The molecule has 0 atom stereocenters. The van der Waals surface area contributed by atoms with Gasteiger partial charge in [0.25, 0.3) is 11.9 Å². The lowest BCUT2D eigenvalue weighted by Gasteiger charge is -2.09. The van der Waals surface area contributed by atoms with Crippen molar-refractivity contribution >= 4 is 5.91 Å². The molecule has 8 nitrogen and oxygen atoms in total. The molecule has 150 valence electrons. The second-order valence-corrected chi connectivity index (χ2v) is 6.50. The van der Waals surface area contributed by atoms with Gasteiger partial charge in [0.05, 0.1) is 42.5 Å². The number of aromatic nitrogens is 5. The molecule has 0 aliphatic carbocycles. The van der Waals surface area contributed by atoms with Gasteiger partial charge in [-0.3, -0.25) is 9.78 Å². The van der Waals surface area contributed by atoms with Gasteiger partial charge in [-0.2, -0.15) is 5.10 Å². The van der Waals surface area contributed by atoms with Gasteiger partial charge in [-0.05, 0) is 37.3 Å². The van der Waals surface area contributed by atoms with E-state index in [1.54, 1.807) is 30.3 Å². The number of pyridine rings is 1. The number of nitrogens with one attached hydrogen (secondary N) is 1. The third kappa shape index (κ3) is 3.88. The fraction of sp³-hybridized carbons (Fsp3) is 0.136. The van der Waals surface area contributed by atoms with E-state index in [0.717, 1.165) is 11.3 Å². The molecule has 0 aliphatic rings. The normalized spacial score (nSPS) is 10.6. The van der Waals surface area contributed by atoms with Crippen LogP contribution in [0, 0.1) is 6.92 Å². The lowest BCUT2D eigenvalue weighted by Crippen LogP contribution is -2.23. The van der Waals surface area contributed by atoms with Gasteiger partial charge in [-0.25, -0.2) is 14.6 Å². The summed E-state index contributed by atoms with van der Waals surface area (Å²) in [5, 5.41) is 7.18. The lowest BCUT2D eigenvalue weighted by atomic mass is 10.1. The minimum Gasteiger partial charge on any atom is -0.496 e. The zero-order valence-corrected chi connectivity index (χ0v) is 16.6. The van der Waals surface area contributed by atoms with Gasteiger partial charge in [0.15, 0.2) is 0 Å². The number of methoxy groups -OCH3 is 1. The van der Waals surface area contributed by atoms with Crippen molar-refractivity contribution in [3.63, 3.8) is 0 Å². The van der Waals surface area contributed by atoms with E-state index in [1.165, 1.54) is 6.20 Å². The summed E-state index contributed by atoms with van der Waals surface area (Å²) in [5.41, 5.74) is 3.43. The van der Waals surface area contributed by atoms with Gasteiger partial charge < -0.3 is 10.1 Å². The first-order valence-corrected chi connectivity index (χ1v) is 9.37. The zero-order valence-electron chi connectivity index (χ0n) is 16.6. The summed E-state index contributed by atoms with van der Waals surface area (Å²) in [7, 11) is 1.62. The van der Waals surface area contributed by atoms with Crippen LogP contribution in [0.5, 0.6) is 5.75 Å². The predicted octanol–water partition coefficient (Wildman–Crippen LogP) is 2.97. The van der Waals surface area contributed by atoms with Crippen molar-refractivity contribution in [3.05, 3.63) is 84.1 Å². The van der Waals surface area contributed by atoms with Crippen LogP contribution in [0.3, 0.4) is 0 Å². The Bertz CT molecular complexity index is 1170. The predicted molar refractivity (Wildman–Crippen MR) is 111 cm³/mol. The number of carbonyl (C=O) groups is 1. The number of ether oxygens (including phenoxy) is 1. The molecule has 0 unspecified atom stereocenters. The van der Waals surface area contributed by atoms with Crippen molar-refractivity contribution in [2.24, 2.45) is 0 Å². The molecule has 1 N–H and O–H groups in total. The minimum atomic E-state index is -0.231. The first-order valence-electron chi connectivity index (χ1n) is 9.37.